The number of rotatable bonds is 7. The van der Waals surface area contributed by atoms with Gasteiger partial charge in [-0.05, 0) is 55.7 Å². The highest BCUT2D eigenvalue weighted by Gasteiger charge is 2.19. The van der Waals surface area contributed by atoms with Crippen LogP contribution in [0, 0.1) is 6.92 Å². The number of aryl methyl sites for hydroxylation is 1. The Morgan fingerprint density at radius 3 is 2.27 bits per heavy atom. The quantitative estimate of drug-likeness (QED) is 0.807. The first-order valence-corrected chi connectivity index (χ1v) is 10.5. The summed E-state index contributed by atoms with van der Waals surface area (Å²) < 4.78 is 25.9. The van der Waals surface area contributed by atoms with Gasteiger partial charge >= 0.3 is 0 Å². The monoisotopic (exact) mass is 374 g/mol. The topological polar surface area (TPSA) is 66.5 Å². The van der Waals surface area contributed by atoms with Gasteiger partial charge < -0.3 is 5.32 Å². The molecule has 0 saturated heterocycles. The minimum Gasteiger partial charge on any atom is -0.350 e. The Balaban J connectivity index is 2.27. The third-order valence-corrected chi connectivity index (χ3v) is 5.52. The van der Waals surface area contributed by atoms with Crippen molar-refractivity contribution in [2.24, 2.45) is 0 Å². The standard InChI is InChI=1S/C20H26N2O3S/c1-5-16(3)21-20(23)17-10-12-19(13-11-17)22(26(4,24)25)14-18-9-7-6-8-15(18)2/h6-13,16H,5,14H2,1-4H3,(H,21,23). The zero-order valence-corrected chi connectivity index (χ0v) is 16.5. The molecule has 2 aromatic rings. The number of sulfonamides is 1. The highest BCUT2D eigenvalue weighted by atomic mass is 32.2. The van der Waals surface area contributed by atoms with Crippen molar-refractivity contribution in [2.75, 3.05) is 10.6 Å². The number of hydrogen-bond acceptors (Lipinski definition) is 3. The Hall–Kier alpha value is -2.34. The van der Waals surface area contributed by atoms with Gasteiger partial charge in [-0.1, -0.05) is 31.2 Å². The molecule has 1 amide bonds. The van der Waals surface area contributed by atoms with E-state index in [2.05, 4.69) is 5.32 Å². The van der Waals surface area contributed by atoms with E-state index in [0.717, 1.165) is 17.5 Å². The van der Waals surface area contributed by atoms with Crippen molar-refractivity contribution in [2.45, 2.75) is 39.8 Å². The Labute approximate surface area is 156 Å². The molecule has 0 saturated carbocycles. The third kappa shape index (κ3) is 5.08. The maximum Gasteiger partial charge on any atom is 0.251 e. The number of benzene rings is 2. The van der Waals surface area contributed by atoms with E-state index in [1.165, 1.54) is 10.6 Å². The van der Waals surface area contributed by atoms with Crippen LogP contribution in [0.5, 0.6) is 0 Å². The fourth-order valence-corrected chi connectivity index (χ4v) is 3.41. The summed E-state index contributed by atoms with van der Waals surface area (Å²) >= 11 is 0. The normalized spacial score (nSPS) is 12.5. The molecule has 6 heteroatoms. The van der Waals surface area contributed by atoms with Crippen molar-refractivity contribution in [1.82, 2.24) is 5.32 Å². The predicted octanol–water partition coefficient (Wildman–Crippen LogP) is 3.49. The molecule has 0 bridgehead atoms. The second-order valence-electron chi connectivity index (χ2n) is 6.53. The van der Waals surface area contributed by atoms with Crippen LogP contribution in [-0.4, -0.2) is 26.6 Å². The van der Waals surface area contributed by atoms with Gasteiger partial charge in [0.15, 0.2) is 0 Å². The number of hydrogen-bond donors (Lipinski definition) is 1. The van der Waals surface area contributed by atoms with E-state index >= 15 is 0 Å². The molecule has 2 aromatic carbocycles. The van der Waals surface area contributed by atoms with E-state index in [1.807, 2.05) is 45.0 Å². The van der Waals surface area contributed by atoms with E-state index in [0.29, 0.717) is 11.3 Å². The zero-order valence-electron chi connectivity index (χ0n) is 15.7. The molecular weight excluding hydrogens is 348 g/mol. The maximum atomic E-state index is 12.3. The fourth-order valence-electron chi connectivity index (χ4n) is 2.53. The van der Waals surface area contributed by atoms with Crippen LogP contribution in [0.1, 0.15) is 41.8 Å². The lowest BCUT2D eigenvalue weighted by Gasteiger charge is -2.23. The minimum absolute atomic E-state index is 0.0933. The van der Waals surface area contributed by atoms with Gasteiger partial charge in [-0.2, -0.15) is 0 Å². The average Bonchev–Trinajstić information content (AvgIpc) is 2.60. The number of nitrogens with zero attached hydrogens (tertiary/aromatic N) is 1. The van der Waals surface area contributed by atoms with Gasteiger partial charge in [0.05, 0.1) is 18.5 Å². The first kappa shape index (κ1) is 20.0. The minimum atomic E-state index is -3.46. The lowest BCUT2D eigenvalue weighted by molar-refractivity contribution is 0.0939. The van der Waals surface area contributed by atoms with Gasteiger partial charge in [0.2, 0.25) is 10.0 Å². The molecule has 1 atom stereocenters. The molecule has 0 spiro atoms. The van der Waals surface area contributed by atoms with E-state index in [4.69, 9.17) is 0 Å². The van der Waals surface area contributed by atoms with Crippen molar-refractivity contribution in [1.29, 1.82) is 0 Å². The van der Waals surface area contributed by atoms with E-state index in [9.17, 15) is 13.2 Å². The second-order valence-corrected chi connectivity index (χ2v) is 8.43. The first-order chi connectivity index (χ1) is 12.2. The fraction of sp³-hybridized carbons (Fsp3) is 0.350. The van der Waals surface area contributed by atoms with Crippen LogP contribution >= 0.6 is 0 Å². The summed E-state index contributed by atoms with van der Waals surface area (Å²) in [6, 6.07) is 14.4. The van der Waals surface area contributed by atoms with Crippen LogP contribution in [0.2, 0.25) is 0 Å². The predicted molar refractivity (Wildman–Crippen MR) is 106 cm³/mol. The number of carbonyl (C=O) groups excluding carboxylic acids is 1. The van der Waals surface area contributed by atoms with Crippen molar-refractivity contribution in [3.8, 4) is 0 Å². The van der Waals surface area contributed by atoms with E-state index in [-0.39, 0.29) is 18.5 Å². The molecule has 140 valence electrons. The van der Waals surface area contributed by atoms with Gasteiger partial charge in [0.1, 0.15) is 0 Å². The van der Waals surface area contributed by atoms with Gasteiger partial charge in [0, 0.05) is 11.6 Å². The average molecular weight is 375 g/mol. The summed E-state index contributed by atoms with van der Waals surface area (Å²) in [5.41, 5.74) is 3.02. The molecule has 1 unspecified atom stereocenters. The van der Waals surface area contributed by atoms with Crippen LogP contribution in [0.25, 0.3) is 0 Å². The van der Waals surface area contributed by atoms with Gasteiger partial charge in [-0.3, -0.25) is 9.10 Å². The molecule has 0 fully saturated rings. The smallest absolute Gasteiger partial charge is 0.251 e. The lowest BCUT2D eigenvalue weighted by atomic mass is 10.1. The van der Waals surface area contributed by atoms with Crippen molar-refractivity contribution in [3.05, 3.63) is 65.2 Å². The molecule has 0 radical (unpaired) electrons. The summed E-state index contributed by atoms with van der Waals surface area (Å²) in [6.45, 7) is 6.16. The summed E-state index contributed by atoms with van der Waals surface area (Å²) in [5, 5.41) is 2.90. The number of carbonyl (C=O) groups is 1. The zero-order chi connectivity index (χ0) is 19.3. The summed E-state index contributed by atoms with van der Waals surface area (Å²) in [4.78, 5) is 12.2. The highest BCUT2D eigenvalue weighted by molar-refractivity contribution is 7.92. The Bertz CT molecular complexity index is 861. The summed E-state index contributed by atoms with van der Waals surface area (Å²) in [7, 11) is -3.46. The molecule has 0 heterocycles. The first-order valence-electron chi connectivity index (χ1n) is 8.65. The molecule has 0 aliphatic heterocycles. The molecule has 26 heavy (non-hydrogen) atoms. The molecular formula is C20H26N2O3S. The van der Waals surface area contributed by atoms with Crippen LogP contribution in [0.15, 0.2) is 48.5 Å². The molecule has 0 aromatic heterocycles. The van der Waals surface area contributed by atoms with Gasteiger partial charge in [-0.25, -0.2) is 8.42 Å². The van der Waals surface area contributed by atoms with E-state index < -0.39 is 10.0 Å². The highest BCUT2D eigenvalue weighted by Crippen LogP contribution is 2.22. The molecule has 1 N–H and O–H groups in total. The lowest BCUT2D eigenvalue weighted by Crippen LogP contribution is -2.32. The molecule has 2 rings (SSSR count). The Kier molecular flexibility index (Phi) is 6.42. The summed E-state index contributed by atoms with van der Waals surface area (Å²) in [6.07, 6.45) is 2.04. The van der Waals surface area contributed by atoms with Crippen molar-refractivity contribution < 1.29 is 13.2 Å². The third-order valence-electron chi connectivity index (χ3n) is 4.38. The van der Waals surface area contributed by atoms with Crippen molar-refractivity contribution >= 4 is 21.6 Å². The van der Waals surface area contributed by atoms with E-state index in [1.54, 1.807) is 24.3 Å². The largest absolute Gasteiger partial charge is 0.350 e. The molecule has 0 aliphatic carbocycles. The van der Waals surface area contributed by atoms with Gasteiger partial charge in [-0.15, -0.1) is 0 Å². The number of amides is 1. The summed E-state index contributed by atoms with van der Waals surface area (Å²) in [5.74, 6) is -0.157. The second kappa shape index (κ2) is 8.36. The number of nitrogens with one attached hydrogen (secondary N) is 1. The Morgan fingerprint density at radius 1 is 1.12 bits per heavy atom. The van der Waals surface area contributed by atoms with Crippen LogP contribution in [-0.2, 0) is 16.6 Å². The molecule has 0 aliphatic rings. The Morgan fingerprint density at radius 2 is 1.73 bits per heavy atom. The number of anilines is 1. The molecule has 5 nitrogen and oxygen atoms in total. The SMILES string of the molecule is CCC(C)NC(=O)c1ccc(N(Cc2ccccc2C)S(C)(=O)=O)cc1. The van der Waals surface area contributed by atoms with Gasteiger partial charge in [0.25, 0.3) is 5.91 Å². The van der Waals surface area contributed by atoms with Crippen LogP contribution < -0.4 is 9.62 Å². The van der Waals surface area contributed by atoms with Crippen LogP contribution in [0.4, 0.5) is 5.69 Å². The maximum absolute atomic E-state index is 12.3. The van der Waals surface area contributed by atoms with Crippen LogP contribution in [0.3, 0.4) is 0 Å². The van der Waals surface area contributed by atoms with Crippen molar-refractivity contribution in [3.63, 3.8) is 0 Å².